The molecular weight excluding hydrogens is 236 g/mol. The normalized spacial score (nSPS) is 34.8. The molecule has 0 aromatic carbocycles. The first-order valence-corrected chi connectivity index (χ1v) is 8.10. The van der Waals surface area contributed by atoms with Crippen molar-refractivity contribution >= 4 is 5.91 Å². The van der Waals surface area contributed by atoms with Gasteiger partial charge in [0.1, 0.15) is 0 Å². The highest BCUT2D eigenvalue weighted by Crippen LogP contribution is 2.37. The summed E-state index contributed by atoms with van der Waals surface area (Å²) in [5, 5.41) is 3.34. The lowest BCUT2D eigenvalue weighted by Gasteiger charge is -2.40. The summed E-state index contributed by atoms with van der Waals surface area (Å²) in [6.07, 6.45) is 9.20. The second-order valence-corrected chi connectivity index (χ2v) is 6.89. The molecule has 19 heavy (non-hydrogen) atoms. The van der Waals surface area contributed by atoms with E-state index in [0.29, 0.717) is 18.5 Å². The standard InChI is InChI=1S/C16H30N2O/c1-12-7-6-8-14(13(12)2)18-15(19)16(11-17)9-4-3-5-10-16/h12-14H,3-11,17H2,1-2H3,(H,18,19). The largest absolute Gasteiger partial charge is 0.353 e. The number of nitrogens with two attached hydrogens (primary N) is 1. The Balaban J connectivity index is 1.98. The Kier molecular flexibility index (Phi) is 4.88. The van der Waals surface area contributed by atoms with E-state index in [4.69, 9.17) is 5.73 Å². The molecule has 0 aromatic heterocycles. The van der Waals surface area contributed by atoms with Crippen LogP contribution in [0, 0.1) is 17.3 Å². The maximum absolute atomic E-state index is 12.7. The number of amides is 1. The second-order valence-electron chi connectivity index (χ2n) is 6.89. The number of hydrogen-bond donors (Lipinski definition) is 2. The SMILES string of the molecule is CC1CCCC(NC(=O)C2(CN)CCCCC2)C1C. The highest BCUT2D eigenvalue weighted by molar-refractivity contribution is 5.83. The van der Waals surface area contributed by atoms with Gasteiger partial charge < -0.3 is 11.1 Å². The average Bonchev–Trinajstić information content (AvgIpc) is 2.44. The molecule has 0 radical (unpaired) electrons. The molecule has 3 heteroatoms. The van der Waals surface area contributed by atoms with Crippen molar-refractivity contribution in [2.45, 2.75) is 71.3 Å². The van der Waals surface area contributed by atoms with E-state index in [-0.39, 0.29) is 11.3 Å². The van der Waals surface area contributed by atoms with E-state index in [1.165, 1.54) is 19.3 Å². The molecule has 3 unspecified atom stereocenters. The number of nitrogens with one attached hydrogen (secondary N) is 1. The lowest BCUT2D eigenvalue weighted by Crippen LogP contribution is -2.53. The molecule has 2 saturated carbocycles. The molecule has 0 saturated heterocycles. The van der Waals surface area contributed by atoms with Crippen LogP contribution in [-0.4, -0.2) is 18.5 Å². The Labute approximate surface area is 117 Å². The summed E-state index contributed by atoms with van der Waals surface area (Å²) >= 11 is 0. The first-order valence-electron chi connectivity index (χ1n) is 8.10. The molecule has 2 aliphatic rings. The molecule has 3 atom stereocenters. The third kappa shape index (κ3) is 3.13. The van der Waals surface area contributed by atoms with Crippen molar-refractivity contribution in [3.63, 3.8) is 0 Å². The Morgan fingerprint density at radius 2 is 1.84 bits per heavy atom. The quantitative estimate of drug-likeness (QED) is 0.825. The number of carbonyl (C=O) groups excluding carboxylic acids is 1. The molecule has 2 aliphatic carbocycles. The molecule has 0 heterocycles. The van der Waals surface area contributed by atoms with Gasteiger partial charge in [-0.05, 0) is 31.1 Å². The summed E-state index contributed by atoms with van der Waals surface area (Å²) in [5.74, 6) is 1.55. The fourth-order valence-electron chi connectivity index (χ4n) is 3.86. The number of rotatable bonds is 3. The molecule has 110 valence electrons. The Hall–Kier alpha value is -0.570. The van der Waals surface area contributed by atoms with Crippen LogP contribution in [0.3, 0.4) is 0 Å². The third-order valence-corrected chi connectivity index (χ3v) is 5.71. The summed E-state index contributed by atoms with van der Waals surface area (Å²) in [4.78, 5) is 12.7. The van der Waals surface area contributed by atoms with Crippen LogP contribution in [0.5, 0.6) is 0 Å². The van der Waals surface area contributed by atoms with Crippen molar-refractivity contribution in [1.29, 1.82) is 0 Å². The maximum Gasteiger partial charge on any atom is 0.227 e. The lowest BCUT2D eigenvalue weighted by atomic mass is 9.72. The van der Waals surface area contributed by atoms with Gasteiger partial charge in [0.05, 0.1) is 5.41 Å². The fourth-order valence-corrected chi connectivity index (χ4v) is 3.86. The van der Waals surface area contributed by atoms with Crippen LogP contribution >= 0.6 is 0 Å². The molecular formula is C16H30N2O. The Morgan fingerprint density at radius 3 is 2.47 bits per heavy atom. The van der Waals surface area contributed by atoms with Crippen LogP contribution < -0.4 is 11.1 Å². The van der Waals surface area contributed by atoms with Crippen LogP contribution in [0.4, 0.5) is 0 Å². The van der Waals surface area contributed by atoms with Crippen molar-refractivity contribution in [3.8, 4) is 0 Å². The molecule has 3 nitrogen and oxygen atoms in total. The molecule has 2 rings (SSSR count). The van der Waals surface area contributed by atoms with E-state index >= 15 is 0 Å². The van der Waals surface area contributed by atoms with Gasteiger partial charge in [-0.15, -0.1) is 0 Å². The first kappa shape index (κ1) is 14.8. The molecule has 0 bridgehead atoms. The van der Waals surface area contributed by atoms with Gasteiger partial charge in [-0.1, -0.05) is 46.0 Å². The van der Waals surface area contributed by atoms with Crippen molar-refractivity contribution < 1.29 is 4.79 Å². The van der Waals surface area contributed by atoms with Crippen molar-refractivity contribution in [1.82, 2.24) is 5.32 Å². The first-order chi connectivity index (χ1) is 9.09. The number of hydrogen-bond acceptors (Lipinski definition) is 2. The average molecular weight is 266 g/mol. The van der Waals surface area contributed by atoms with E-state index in [2.05, 4.69) is 19.2 Å². The minimum Gasteiger partial charge on any atom is -0.353 e. The predicted molar refractivity (Wildman–Crippen MR) is 78.7 cm³/mol. The van der Waals surface area contributed by atoms with Gasteiger partial charge in [0.2, 0.25) is 5.91 Å². The summed E-state index contributed by atoms with van der Waals surface area (Å²) in [6, 6.07) is 0.363. The molecule has 0 aromatic rings. The predicted octanol–water partition coefficient (Wildman–Crippen LogP) is 2.84. The van der Waals surface area contributed by atoms with Crippen LogP contribution in [-0.2, 0) is 4.79 Å². The van der Waals surface area contributed by atoms with E-state index in [1.807, 2.05) is 0 Å². The minimum absolute atomic E-state index is 0.237. The van der Waals surface area contributed by atoms with Crippen LogP contribution in [0.1, 0.15) is 65.2 Å². The molecule has 1 amide bonds. The van der Waals surface area contributed by atoms with Gasteiger partial charge in [-0.2, -0.15) is 0 Å². The zero-order valence-corrected chi connectivity index (χ0v) is 12.6. The summed E-state index contributed by atoms with van der Waals surface area (Å²) in [6.45, 7) is 5.10. The summed E-state index contributed by atoms with van der Waals surface area (Å²) < 4.78 is 0. The van der Waals surface area contributed by atoms with Crippen LogP contribution in [0.2, 0.25) is 0 Å². The molecule has 0 spiro atoms. The zero-order valence-electron chi connectivity index (χ0n) is 12.6. The van der Waals surface area contributed by atoms with Gasteiger partial charge in [0.25, 0.3) is 0 Å². The highest BCUT2D eigenvalue weighted by Gasteiger charge is 2.40. The Bertz CT molecular complexity index is 310. The molecule has 3 N–H and O–H groups in total. The van der Waals surface area contributed by atoms with E-state index in [0.717, 1.165) is 38.0 Å². The molecule has 2 fully saturated rings. The van der Waals surface area contributed by atoms with Gasteiger partial charge >= 0.3 is 0 Å². The summed E-state index contributed by atoms with van der Waals surface area (Å²) in [5.41, 5.74) is 5.68. The van der Waals surface area contributed by atoms with Gasteiger partial charge in [0, 0.05) is 12.6 Å². The van der Waals surface area contributed by atoms with Crippen molar-refractivity contribution in [2.24, 2.45) is 23.0 Å². The highest BCUT2D eigenvalue weighted by atomic mass is 16.2. The zero-order chi connectivity index (χ0) is 13.9. The van der Waals surface area contributed by atoms with Crippen molar-refractivity contribution in [3.05, 3.63) is 0 Å². The van der Waals surface area contributed by atoms with Crippen LogP contribution in [0.15, 0.2) is 0 Å². The fraction of sp³-hybridized carbons (Fsp3) is 0.938. The second kappa shape index (κ2) is 6.25. The minimum atomic E-state index is -0.265. The van der Waals surface area contributed by atoms with Crippen LogP contribution in [0.25, 0.3) is 0 Å². The Morgan fingerprint density at radius 1 is 1.16 bits per heavy atom. The topological polar surface area (TPSA) is 55.1 Å². The van der Waals surface area contributed by atoms with E-state index in [9.17, 15) is 4.79 Å². The van der Waals surface area contributed by atoms with Gasteiger partial charge in [0.15, 0.2) is 0 Å². The van der Waals surface area contributed by atoms with E-state index < -0.39 is 0 Å². The summed E-state index contributed by atoms with van der Waals surface area (Å²) in [7, 11) is 0. The van der Waals surface area contributed by atoms with Crippen molar-refractivity contribution in [2.75, 3.05) is 6.54 Å². The van der Waals surface area contributed by atoms with Gasteiger partial charge in [-0.25, -0.2) is 0 Å². The maximum atomic E-state index is 12.7. The lowest BCUT2D eigenvalue weighted by molar-refractivity contribution is -0.134. The monoisotopic (exact) mass is 266 g/mol. The smallest absolute Gasteiger partial charge is 0.227 e. The van der Waals surface area contributed by atoms with Gasteiger partial charge in [-0.3, -0.25) is 4.79 Å². The number of carbonyl (C=O) groups is 1. The molecule has 0 aliphatic heterocycles. The third-order valence-electron chi connectivity index (χ3n) is 5.71. The van der Waals surface area contributed by atoms with E-state index in [1.54, 1.807) is 0 Å².